The second kappa shape index (κ2) is 7.05. The Morgan fingerprint density at radius 3 is 2.52 bits per heavy atom. The maximum absolute atomic E-state index is 12.8. The molecular formula is C19H20ClNO2. The maximum Gasteiger partial charge on any atom is 0.227 e. The SMILES string of the molecule is COc1ccccc1CC(=O)N(Cc1ccc(Cl)cc1)C1CC1. The van der Waals surface area contributed by atoms with Crippen LogP contribution in [0, 0.1) is 0 Å². The second-order valence-corrected chi connectivity index (χ2v) is 6.30. The van der Waals surface area contributed by atoms with Crippen molar-refractivity contribution in [2.45, 2.75) is 31.8 Å². The molecule has 1 aliphatic rings. The van der Waals surface area contributed by atoms with E-state index in [9.17, 15) is 4.79 Å². The normalized spacial score (nSPS) is 13.7. The first-order chi connectivity index (χ1) is 11.2. The number of para-hydroxylation sites is 1. The average Bonchev–Trinajstić information content (AvgIpc) is 3.39. The number of hydrogen-bond donors (Lipinski definition) is 0. The van der Waals surface area contributed by atoms with Gasteiger partial charge < -0.3 is 9.64 Å². The summed E-state index contributed by atoms with van der Waals surface area (Å²) in [5.41, 5.74) is 2.04. The van der Waals surface area contributed by atoms with Crippen molar-refractivity contribution < 1.29 is 9.53 Å². The highest BCUT2D eigenvalue weighted by molar-refractivity contribution is 6.30. The molecular weight excluding hydrogens is 310 g/mol. The van der Waals surface area contributed by atoms with Crippen molar-refractivity contribution >= 4 is 17.5 Å². The summed E-state index contributed by atoms with van der Waals surface area (Å²) in [6.45, 7) is 0.635. The molecule has 2 aromatic carbocycles. The first-order valence-electron chi connectivity index (χ1n) is 7.83. The molecule has 23 heavy (non-hydrogen) atoms. The van der Waals surface area contributed by atoms with Crippen molar-refractivity contribution in [2.75, 3.05) is 7.11 Å². The Kier molecular flexibility index (Phi) is 4.87. The van der Waals surface area contributed by atoms with Crippen LogP contribution in [0.4, 0.5) is 0 Å². The molecule has 1 amide bonds. The van der Waals surface area contributed by atoms with Gasteiger partial charge in [0.05, 0.1) is 13.5 Å². The molecule has 3 nitrogen and oxygen atoms in total. The van der Waals surface area contributed by atoms with Crippen molar-refractivity contribution in [3.05, 3.63) is 64.7 Å². The Morgan fingerprint density at radius 2 is 1.87 bits per heavy atom. The molecule has 2 aromatic rings. The summed E-state index contributed by atoms with van der Waals surface area (Å²) in [5.74, 6) is 0.912. The van der Waals surface area contributed by atoms with Gasteiger partial charge in [-0.3, -0.25) is 4.79 Å². The number of rotatable bonds is 6. The van der Waals surface area contributed by atoms with E-state index in [1.807, 2.05) is 53.4 Å². The monoisotopic (exact) mass is 329 g/mol. The molecule has 1 fully saturated rings. The topological polar surface area (TPSA) is 29.5 Å². The van der Waals surface area contributed by atoms with Crippen LogP contribution in [0.25, 0.3) is 0 Å². The van der Waals surface area contributed by atoms with E-state index >= 15 is 0 Å². The fraction of sp³-hybridized carbons (Fsp3) is 0.316. The van der Waals surface area contributed by atoms with E-state index in [4.69, 9.17) is 16.3 Å². The zero-order valence-electron chi connectivity index (χ0n) is 13.2. The first-order valence-corrected chi connectivity index (χ1v) is 8.21. The Balaban J connectivity index is 1.73. The van der Waals surface area contributed by atoms with Crippen molar-refractivity contribution in [1.82, 2.24) is 4.90 Å². The number of benzene rings is 2. The van der Waals surface area contributed by atoms with Gasteiger partial charge in [-0.2, -0.15) is 0 Å². The van der Waals surface area contributed by atoms with E-state index in [0.29, 0.717) is 24.0 Å². The van der Waals surface area contributed by atoms with Crippen molar-refractivity contribution in [2.24, 2.45) is 0 Å². The number of hydrogen-bond acceptors (Lipinski definition) is 2. The van der Waals surface area contributed by atoms with Crippen molar-refractivity contribution in [1.29, 1.82) is 0 Å². The number of amides is 1. The molecule has 0 heterocycles. The fourth-order valence-electron chi connectivity index (χ4n) is 2.71. The molecule has 0 aromatic heterocycles. The number of halogens is 1. The molecule has 0 aliphatic heterocycles. The molecule has 1 aliphatic carbocycles. The number of methoxy groups -OCH3 is 1. The van der Waals surface area contributed by atoms with Crippen molar-refractivity contribution in [3.63, 3.8) is 0 Å². The highest BCUT2D eigenvalue weighted by atomic mass is 35.5. The van der Waals surface area contributed by atoms with Gasteiger partial charge in [0.25, 0.3) is 0 Å². The van der Waals surface area contributed by atoms with Crippen LogP contribution in [0.3, 0.4) is 0 Å². The Morgan fingerprint density at radius 1 is 1.17 bits per heavy atom. The minimum Gasteiger partial charge on any atom is -0.496 e. The van der Waals surface area contributed by atoms with E-state index < -0.39 is 0 Å². The van der Waals surface area contributed by atoms with Crippen LogP contribution in [0.1, 0.15) is 24.0 Å². The lowest BCUT2D eigenvalue weighted by atomic mass is 10.1. The van der Waals surface area contributed by atoms with E-state index in [1.54, 1.807) is 7.11 Å². The lowest BCUT2D eigenvalue weighted by molar-refractivity contribution is -0.131. The van der Waals surface area contributed by atoms with E-state index in [-0.39, 0.29) is 5.91 Å². The lowest BCUT2D eigenvalue weighted by Crippen LogP contribution is -2.33. The first kappa shape index (κ1) is 15.9. The second-order valence-electron chi connectivity index (χ2n) is 5.87. The van der Waals surface area contributed by atoms with Gasteiger partial charge in [0.15, 0.2) is 0 Å². The van der Waals surface area contributed by atoms with Gasteiger partial charge in [-0.25, -0.2) is 0 Å². The molecule has 3 rings (SSSR count). The zero-order valence-corrected chi connectivity index (χ0v) is 13.9. The summed E-state index contributed by atoms with van der Waals surface area (Å²) in [6, 6.07) is 15.8. The van der Waals surface area contributed by atoms with Crippen molar-refractivity contribution in [3.8, 4) is 5.75 Å². The van der Waals surface area contributed by atoms with Gasteiger partial charge in [-0.05, 0) is 36.6 Å². The van der Waals surface area contributed by atoms with Crippen LogP contribution < -0.4 is 4.74 Å². The largest absolute Gasteiger partial charge is 0.496 e. The summed E-state index contributed by atoms with van der Waals surface area (Å²) in [6.07, 6.45) is 2.55. The summed E-state index contributed by atoms with van der Waals surface area (Å²) in [7, 11) is 1.63. The molecule has 0 spiro atoms. The standard InChI is InChI=1S/C19H20ClNO2/c1-23-18-5-3-2-4-15(18)12-19(22)21(17-10-11-17)13-14-6-8-16(20)9-7-14/h2-9,17H,10-13H2,1H3. The quantitative estimate of drug-likeness (QED) is 0.799. The highest BCUT2D eigenvalue weighted by Gasteiger charge is 2.32. The minimum atomic E-state index is 0.145. The van der Waals surface area contributed by atoms with Gasteiger partial charge in [-0.15, -0.1) is 0 Å². The van der Waals surface area contributed by atoms with E-state index in [2.05, 4.69) is 0 Å². The van der Waals surface area contributed by atoms with Crippen LogP contribution in [-0.4, -0.2) is 24.0 Å². The number of ether oxygens (including phenoxy) is 1. The third-order valence-corrected chi connectivity index (χ3v) is 4.36. The average molecular weight is 330 g/mol. The van der Waals surface area contributed by atoms with Crippen LogP contribution in [-0.2, 0) is 17.8 Å². The number of nitrogens with zero attached hydrogens (tertiary/aromatic N) is 1. The maximum atomic E-state index is 12.8. The smallest absolute Gasteiger partial charge is 0.227 e. The summed E-state index contributed by atoms with van der Waals surface area (Å²) in [4.78, 5) is 14.8. The molecule has 0 radical (unpaired) electrons. The van der Waals surface area contributed by atoms with Gasteiger partial charge in [-0.1, -0.05) is 41.9 Å². The molecule has 4 heteroatoms. The predicted molar refractivity (Wildman–Crippen MR) is 91.7 cm³/mol. The summed E-state index contributed by atoms with van der Waals surface area (Å²) >= 11 is 5.93. The number of carbonyl (C=O) groups is 1. The summed E-state index contributed by atoms with van der Waals surface area (Å²) in [5, 5.41) is 0.715. The number of carbonyl (C=O) groups excluding carboxylic acids is 1. The van der Waals surface area contributed by atoms with Crippen LogP contribution in [0.2, 0.25) is 5.02 Å². The van der Waals surface area contributed by atoms with E-state index in [0.717, 1.165) is 29.7 Å². The molecule has 1 saturated carbocycles. The van der Waals surface area contributed by atoms with E-state index in [1.165, 1.54) is 0 Å². The van der Waals surface area contributed by atoms with Gasteiger partial charge in [0.1, 0.15) is 5.75 Å². The molecule has 0 saturated heterocycles. The highest BCUT2D eigenvalue weighted by Crippen LogP contribution is 2.30. The zero-order chi connectivity index (χ0) is 16.2. The molecule has 120 valence electrons. The van der Waals surface area contributed by atoms with Crippen LogP contribution in [0.15, 0.2) is 48.5 Å². The summed E-state index contributed by atoms with van der Waals surface area (Å²) < 4.78 is 5.35. The third-order valence-electron chi connectivity index (χ3n) is 4.11. The molecule has 0 N–H and O–H groups in total. The fourth-order valence-corrected chi connectivity index (χ4v) is 2.83. The van der Waals surface area contributed by atoms with Crippen LogP contribution in [0.5, 0.6) is 5.75 Å². The minimum absolute atomic E-state index is 0.145. The molecule has 0 bridgehead atoms. The Hall–Kier alpha value is -2.00. The van der Waals surface area contributed by atoms with Gasteiger partial charge >= 0.3 is 0 Å². The predicted octanol–water partition coefficient (Wildman–Crippen LogP) is 4.08. The molecule has 0 unspecified atom stereocenters. The Labute approximate surface area is 141 Å². The molecule has 0 atom stereocenters. The Bertz CT molecular complexity index is 680. The van der Waals surface area contributed by atoms with Gasteiger partial charge in [0.2, 0.25) is 5.91 Å². The van der Waals surface area contributed by atoms with Crippen LogP contribution >= 0.6 is 11.6 Å². The third kappa shape index (κ3) is 4.05. The lowest BCUT2D eigenvalue weighted by Gasteiger charge is -2.23. The van der Waals surface area contributed by atoms with Gasteiger partial charge in [0, 0.05) is 23.2 Å².